The monoisotopic (exact) mass is 432 g/mol. The summed E-state index contributed by atoms with van der Waals surface area (Å²) in [4.78, 5) is 2.73. The van der Waals surface area contributed by atoms with Crippen molar-refractivity contribution >= 4 is 28.1 Å². The maximum Gasteiger partial charge on any atom is 0.261 e. The molecular formula is C23H29ClN2O2S. The molecule has 156 valence electrons. The van der Waals surface area contributed by atoms with E-state index in [4.69, 9.17) is 0 Å². The van der Waals surface area contributed by atoms with Crippen LogP contribution < -0.4 is 4.72 Å². The molecule has 1 heterocycles. The first-order chi connectivity index (χ1) is 13.3. The van der Waals surface area contributed by atoms with E-state index in [9.17, 15) is 8.42 Å². The van der Waals surface area contributed by atoms with Crippen molar-refractivity contribution in [2.24, 2.45) is 5.92 Å². The minimum absolute atomic E-state index is 0. The Morgan fingerprint density at radius 1 is 1.17 bits per heavy atom. The number of hydrogen-bond donors (Lipinski definition) is 1. The number of rotatable bonds is 7. The fraction of sp³-hybridized carbons (Fsp3) is 0.391. The molecule has 2 aliphatic rings. The number of hydrogen-bond acceptors (Lipinski definition) is 3. The molecule has 2 atom stereocenters. The molecule has 1 saturated heterocycles. The molecule has 0 amide bonds. The number of nitrogens with zero attached hydrogens (tertiary/aromatic N) is 1. The summed E-state index contributed by atoms with van der Waals surface area (Å²) < 4.78 is 28.1. The summed E-state index contributed by atoms with van der Waals surface area (Å²) in [5.41, 5.74) is 3.30. The molecule has 1 saturated carbocycles. The Bertz CT molecular complexity index is 971. The minimum Gasteiger partial charge on any atom is -0.298 e. The highest BCUT2D eigenvalue weighted by Gasteiger charge is 2.60. The Kier molecular flexibility index (Phi) is 6.13. The van der Waals surface area contributed by atoms with Crippen molar-refractivity contribution in [3.8, 4) is 0 Å². The number of nitrogens with one attached hydrogen (secondary N) is 1. The van der Waals surface area contributed by atoms with Gasteiger partial charge in [0.1, 0.15) is 0 Å². The average molecular weight is 433 g/mol. The largest absolute Gasteiger partial charge is 0.298 e. The number of piperidine rings is 1. The normalized spacial score (nSPS) is 23.3. The van der Waals surface area contributed by atoms with Crippen LogP contribution in [-0.2, 0) is 15.4 Å². The minimum atomic E-state index is -3.58. The number of halogens is 1. The topological polar surface area (TPSA) is 49.4 Å². The van der Waals surface area contributed by atoms with Gasteiger partial charge >= 0.3 is 0 Å². The molecule has 0 unspecified atom stereocenters. The summed E-state index contributed by atoms with van der Waals surface area (Å²) in [5, 5.41) is 0. The standard InChI is InChI=1S/C23H28N2O2S.ClH/c1-4-13-25-15-20-14-23(20,16-25)19-7-9-21(10-8-19)24-28(26,27)22-11-5-18(6-12-22)17(2)3;/h4-12,17,20,24H,1,13-16H2,2-3H3;1H/t20-,23+;/m1./s1. The quantitative estimate of drug-likeness (QED) is 0.640. The van der Waals surface area contributed by atoms with Gasteiger partial charge in [0.25, 0.3) is 10.0 Å². The first-order valence-corrected chi connectivity index (χ1v) is 11.4. The molecule has 1 aliphatic heterocycles. The van der Waals surface area contributed by atoms with Gasteiger partial charge in [-0.3, -0.25) is 9.62 Å². The highest BCUT2D eigenvalue weighted by atomic mass is 35.5. The van der Waals surface area contributed by atoms with Crippen LogP contribution in [0.4, 0.5) is 5.69 Å². The molecule has 29 heavy (non-hydrogen) atoms. The van der Waals surface area contributed by atoms with E-state index in [0.29, 0.717) is 11.6 Å². The second kappa shape index (κ2) is 8.13. The molecule has 0 aromatic heterocycles. The predicted molar refractivity (Wildman–Crippen MR) is 121 cm³/mol. The van der Waals surface area contributed by atoms with Crippen molar-refractivity contribution in [2.75, 3.05) is 24.4 Å². The van der Waals surface area contributed by atoms with Crippen LogP contribution in [0.1, 0.15) is 37.3 Å². The zero-order valence-electron chi connectivity index (χ0n) is 17.0. The van der Waals surface area contributed by atoms with Gasteiger partial charge in [0.05, 0.1) is 4.90 Å². The predicted octanol–water partition coefficient (Wildman–Crippen LogP) is 4.79. The van der Waals surface area contributed by atoms with E-state index in [1.165, 1.54) is 12.0 Å². The summed E-state index contributed by atoms with van der Waals surface area (Å²) in [6, 6.07) is 15.0. The van der Waals surface area contributed by atoms with E-state index in [-0.39, 0.29) is 22.7 Å². The van der Waals surface area contributed by atoms with Crippen LogP contribution in [0.3, 0.4) is 0 Å². The maximum absolute atomic E-state index is 12.7. The van der Waals surface area contributed by atoms with E-state index in [1.54, 1.807) is 12.1 Å². The van der Waals surface area contributed by atoms with Crippen LogP contribution in [-0.4, -0.2) is 33.0 Å². The molecule has 2 aromatic rings. The summed E-state index contributed by atoms with van der Waals surface area (Å²) in [6.07, 6.45) is 3.19. The van der Waals surface area contributed by atoms with Gasteiger partial charge in [-0.05, 0) is 53.6 Å². The lowest BCUT2D eigenvalue weighted by atomic mass is 9.95. The van der Waals surface area contributed by atoms with Crippen molar-refractivity contribution in [2.45, 2.75) is 36.5 Å². The zero-order chi connectivity index (χ0) is 19.9. The van der Waals surface area contributed by atoms with Crippen molar-refractivity contribution < 1.29 is 8.42 Å². The van der Waals surface area contributed by atoms with Gasteiger partial charge < -0.3 is 0 Å². The van der Waals surface area contributed by atoms with Crippen molar-refractivity contribution in [1.82, 2.24) is 4.90 Å². The Hall–Kier alpha value is -1.82. The smallest absolute Gasteiger partial charge is 0.261 e. The fourth-order valence-electron chi connectivity index (χ4n) is 4.47. The van der Waals surface area contributed by atoms with Gasteiger partial charge in [0, 0.05) is 30.7 Å². The van der Waals surface area contributed by atoms with Gasteiger partial charge in [-0.1, -0.05) is 44.2 Å². The molecule has 4 nitrogen and oxygen atoms in total. The Labute approximate surface area is 180 Å². The van der Waals surface area contributed by atoms with E-state index in [0.717, 1.165) is 31.1 Å². The van der Waals surface area contributed by atoms with E-state index in [1.807, 2.05) is 30.3 Å². The molecule has 0 bridgehead atoms. The molecule has 0 spiro atoms. The first-order valence-electron chi connectivity index (χ1n) is 9.91. The molecular weight excluding hydrogens is 404 g/mol. The summed E-state index contributed by atoms with van der Waals surface area (Å²) in [6.45, 7) is 11.2. The molecule has 6 heteroatoms. The van der Waals surface area contributed by atoms with Crippen molar-refractivity contribution in [1.29, 1.82) is 0 Å². The second-order valence-corrected chi connectivity index (χ2v) is 10.1. The average Bonchev–Trinajstić information content (AvgIpc) is 3.24. The SMILES string of the molecule is C=CCN1C[C@H]2C[C@@]2(c2ccc(NS(=O)(=O)c3ccc(C(C)C)cc3)cc2)C1.Cl. The second-order valence-electron chi connectivity index (χ2n) is 8.45. The lowest BCUT2D eigenvalue weighted by Gasteiger charge is -2.19. The van der Waals surface area contributed by atoms with Gasteiger partial charge in [0.15, 0.2) is 0 Å². The van der Waals surface area contributed by atoms with Crippen LogP contribution in [0.25, 0.3) is 0 Å². The lowest BCUT2D eigenvalue weighted by molar-refractivity contribution is 0.330. The third-order valence-corrected chi connectivity index (χ3v) is 7.57. The number of likely N-dealkylation sites (tertiary alicyclic amines) is 1. The Balaban J connectivity index is 0.00000240. The number of anilines is 1. The number of benzene rings is 2. The lowest BCUT2D eigenvalue weighted by Crippen LogP contribution is -2.26. The van der Waals surface area contributed by atoms with Gasteiger partial charge in [-0.25, -0.2) is 8.42 Å². The molecule has 2 fully saturated rings. The highest BCUT2D eigenvalue weighted by molar-refractivity contribution is 7.92. The number of sulfonamides is 1. The molecule has 1 N–H and O–H groups in total. The summed E-state index contributed by atoms with van der Waals surface area (Å²) in [5.74, 6) is 1.09. The van der Waals surface area contributed by atoms with Crippen LogP contribution >= 0.6 is 12.4 Å². The first kappa shape index (κ1) is 21.9. The molecule has 1 aliphatic carbocycles. The van der Waals surface area contributed by atoms with Gasteiger partial charge in [0.2, 0.25) is 0 Å². The van der Waals surface area contributed by atoms with Gasteiger partial charge in [-0.15, -0.1) is 19.0 Å². The maximum atomic E-state index is 12.7. The van der Waals surface area contributed by atoms with Gasteiger partial charge in [-0.2, -0.15) is 0 Å². The van der Waals surface area contributed by atoms with Crippen molar-refractivity contribution in [3.63, 3.8) is 0 Å². The van der Waals surface area contributed by atoms with Crippen LogP contribution in [0.15, 0.2) is 66.1 Å². The van der Waals surface area contributed by atoms with Crippen LogP contribution in [0, 0.1) is 5.92 Å². The van der Waals surface area contributed by atoms with Crippen molar-refractivity contribution in [3.05, 3.63) is 72.3 Å². The Morgan fingerprint density at radius 2 is 1.83 bits per heavy atom. The highest BCUT2D eigenvalue weighted by Crippen LogP contribution is 2.59. The summed E-state index contributed by atoms with van der Waals surface area (Å²) in [7, 11) is -3.58. The van der Waals surface area contributed by atoms with Crippen LogP contribution in [0.2, 0.25) is 0 Å². The third-order valence-electron chi connectivity index (χ3n) is 6.17. The summed E-state index contributed by atoms with van der Waals surface area (Å²) >= 11 is 0. The third kappa shape index (κ3) is 4.23. The molecule has 0 radical (unpaired) electrons. The van der Waals surface area contributed by atoms with E-state index >= 15 is 0 Å². The Morgan fingerprint density at radius 3 is 2.41 bits per heavy atom. The zero-order valence-corrected chi connectivity index (χ0v) is 18.6. The van der Waals surface area contributed by atoms with E-state index in [2.05, 4.69) is 42.2 Å². The fourth-order valence-corrected chi connectivity index (χ4v) is 5.53. The number of fused-ring (bicyclic) bond motifs is 1. The molecule has 2 aromatic carbocycles. The van der Waals surface area contributed by atoms with Crippen LogP contribution in [0.5, 0.6) is 0 Å². The molecule has 4 rings (SSSR count). The van der Waals surface area contributed by atoms with E-state index < -0.39 is 10.0 Å².